The largest absolute Gasteiger partial charge is 0.505 e. The number of rotatable bonds is 7. The molecular formula is C24H21FN5O6PS2. The highest BCUT2D eigenvalue weighted by molar-refractivity contribution is 7.92. The van der Waals surface area contributed by atoms with Crippen LogP contribution in [0.1, 0.15) is 11.1 Å². The standard InChI is InChI=1S/C24H21FN5O6PS2/c1-36-37(33)18-12-16(29-39(2,34)35)9-10-17(18)26-23(28-37)20-22(31)21(19-4-3-11-38-19)27-30(24(20)32)13-14-5-7-15(25)8-6-14/h3-12,29,31H,13H2,1-2H3,(H,26,28,33). The molecule has 2 aromatic carbocycles. The summed E-state index contributed by atoms with van der Waals surface area (Å²) < 4.78 is 63.5. The molecule has 1 aliphatic rings. The quantitative estimate of drug-likeness (QED) is 0.277. The van der Waals surface area contributed by atoms with Gasteiger partial charge in [-0.25, -0.2) is 17.5 Å². The molecule has 0 saturated heterocycles. The molecule has 0 spiro atoms. The maximum absolute atomic E-state index is 13.8. The molecule has 3 N–H and O–H groups in total. The van der Waals surface area contributed by atoms with E-state index in [0.717, 1.165) is 10.9 Å². The first-order valence-electron chi connectivity index (χ1n) is 11.3. The second kappa shape index (κ2) is 10.0. The van der Waals surface area contributed by atoms with Crippen LogP contribution in [-0.4, -0.2) is 42.5 Å². The summed E-state index contributed by atoms with van der Waals surface area (Å²) in [6, 6.07) is 13.2. The Hall–Kier alpha value is -3.84. The molecule has 15 heteroatoms. The van der Waals surface area contributed by atoms with Gasteiger partial charge >= 0.3 is 7.52 Å². The molecule has 3 heterocycles. The van der Waals surface area contributed by atoms with Crippen molar-refractivity contribution in [2.45, 2.75) is 6.54 Å². The Morgan fingerprint density at radius 2 is 1.95 bits per heavy atom. The first kappa shape index (κ1) is 26.8. The van der Waals surface area contributed by atoms with Crippen LogP contribution >= 0.6 is 18.9 Å². The smallest absolute Gasteiger partial charge is 0.348 e. The zero-order chi connectivity index (χ0) is 27.9. The lowest BCUT2D eigenvalue weighted by Crippen LogP contribution is -2.35. The average Bonchev–Trinajstić information content (AvgIpc) is 3.41. The Bertz CT molecular complexity index is 1820. The third kappa shape index (κ3) is 5.36. The van der Waals surface area contributed by atoms with Crippen molar-refractivity contribution in [3.8, 4) is 16.3 Å². The Kier molecular flexibility index (Phi) is 6.89. The molecule has 1 aliphatic heterocycles. The molecule has 0 fully saturated rings. The van der Waals surface area contributed by atoms with Crippen LogP contribution in [0.3, 0.4) is 0 Å². The summed E-state index contributed by atoms with van der Waals surface area (Å²) in [4.78, 5) is 14.2. The monoisotopic (exact) mass is 589 g/mol. The van der Waals surface area contributed by atoms with E-state index in [1.54, 1.807) is 17.5 Å². The highest BCUT2D eigenvalue weighted by atomic mass is 32.2. The van der Waals surface area contributed by atoms with Crippen LogP contribution in [0, 0.1) is 5.82 Å². The fourth-order valence-electron chi connectivity index (χ4n) is 3.96. The predicted octanol–water partition coefficient (Wildman–Crippen LogP) is 3.57. The zero-order valence-corrected chi connectivity index (χ0v) is 23.0. The average molecular weight is 590 g/mol. The second-order valence-electron chi connectivity index (χ2n) is 8.52. The van der Waals surface area contributed by atoms with E-state index >= 15 is 0 Å². The molecule has 11 nitrogen and oxygen atoms in total. The van der Waals surface area contributed by atoms with Gasteiger partial charge in [0.2, 0.25) is 10.0 Å². The molecule has 0 bridgehead atoms. The van der Waals surface area contributed by atoms with Crippen LogP contribution in [0.25, 0.3) is 10.6 Å². The molecular weight excluding hydrogens is 568 g/mol. The van der Waals surface area contributed by atoms with E-state index in [-0.39, 0.29) is 40.3 Å². The van der Waals surface area contributed by atoms with E-state index in [0.29, 0.717) is 10.4 Å². The summed E-state index contributed by atoms with van der Waals surface area (Å²) in [6.07, 6.45) is 0.977. The number of sulfonamides is 1. The van der Waals surface area contributed by atoms with Crippen LogP contribution in [-0.2, 0) is 25.7 Å². The molecule has 1 unspecified atom stereocenters. The fourth-order valence-corrected chi connectivity index (χ4v) is 6.76. The summed E-state index contributed by atoms with van der Waals surface area (Å²) in [5.41, 5.74) is 0.0145. The first-order valence-corrected chi connectivity index (χ1v) is 15.6. The van der Waals surface area contributed by atoms with Gasteiger partial charge in [0, 0.05) is 12.8 Å². The number of aromatic hydroxyl groups is 1. The number of thiophene rings is 1. The Morgan fingerprint density at radius 3 is 2.59 bits per heavy atom. The minimum Gasteiger partial charge on any atom is -0.505 e. The summed E-state index contributed by atoms with van der Waals surface area (Å²) >= 11 is 1.28. The third-order valence-corrected chi connectivity index (χ3v) is 9.12. The van der Waals surface area contributed by atoms with Gasteiger partial charge < -0.3 is 14.9 Å². The molecule has 4 aromatic rings. The van der Waals surface area contributed by atoms with Crippen molar-refractivity contribution in [2.75, 3.05) is 23.4 Å². The minimum atomic E-state index is -4.03. The number of nitrogens with zero attached hydrogens (tertiary/aromatic N) is 3. The lowest BCUT2D eigenvalue weighted by atomic mass is 10.1. The van der Waals surface area contributed by atoms with Crippen LogP contribution < -0.4 is 20.9 Å². The van der Waals surface area contributed by atoms with Crippen molar-refractivity contribution in [2.24, 2.45) is 4.76 Å². The number of halogens is 1. The SMILES string of the molecule is COP1(=O)N=C(c2c(O)c(-c3cccs3)nn(Cc3ccc(F)cc3)c2=O)Nc2ccc(NS(C)(=O)=O)cc21. The predicted molar refractivity (Wildman–Crippen MR) is 148 cm³/mol. The summed E-state index contributed by atoms with van der Waals surface area (Å²) in [5, 5.41) is 20.4. The van der Waals surface area contributed by atoms with Crippen LogP contribution in [0.4, 0.5) is 15.8 Å². The van der Waals surface area contributed by atoms with Gasteiger partial charge in [-0.1, -0.05) is 18.2 Å². The second-order valence-corrected chi connectivity index (χ2v) is 13.3. The molecule has 5 rings (SSSR count). The lowest BCUT2D eigenvalue weighted by Gasteiger charge is -2.25. The van der Waals surface area contributed by atoms with Crippen molar-refractivity contribution in [3.63, 3.8) is 0 Å². The van der Waals surface area contributed by atoms with E-state index in [2.05, 4.69) is 19.9 Å². The molecule has 0 aliphatic carbocycles. The number of fused-ring (bicyclic) bond motifs is 1. The summed E-state index contributed by atoms with van der Waals surface area (Å²) in [5.74, 6) is -1.13. The fraction of sp³-hybridized carbons (Fsp3) is 0.125. The number of amidine groups is 1. The van der Waals surface area contributed by atoms with Gasteiger partial charge in [-0.05, 0) is 47.3 Å². The maximum atomic E-state index is 13.8. The number of anilines is 2. The van der Waals surface area contributed by atoms with E-state index in [1.807, 2.05) is 0 Å². The van der Waals surface area contributed by atoms with Gasteiger partial charge in [0.15, 0.2) is 11.6 Å². The Balaban J connectivity index is 1.67. The highest BCUT2D eigenvalue weighted by Gasteiger charge is 2.36. The highest BCUT2D eigenvalue weighted by Crippen LogP contribution is 2.52. The molecule has 2 aromatic heterocycles. The van der Waals surface area contributed by atoms with Gasteiger partial charge in [0.05, 0.1) is 28.7 Å². The molecule has 202 valence electrons. The lowest BCUT2D eigenvalue weighted by molar-refractivity contribution is 0.404. The number of aromatic nitrogens is 2. The van der Waals surface area contributed by atoms with E-state index < -0.39 is 34.7 Å². The van der Waals surface area contributed by atoms with E-state index in [4.69, 9.17) is 4.52 Å². The molecule has 39 heavy (non-hydrogen) atoms. The number of hydrogen-bond acceptors (Lipinski definition) is 9. The van der Waals surface area contributed by atoms with Crippen molar-refractivity contribution < 1.29 is 27.0 Å². The molecule has 0 saturated carbocycles. The van der Waals surface area contributed by atoms with Crippen molar-refractivity contribution in [1.29, 1.82) is 0 Å². The summed E-state index contributed by atoms with van der Waals surface area (Å²) in [6.45, 7) is -0.0445. The maximum Gasteiger partial charge on any atom is 0.348 e. The van der Waals surface area contributed by atoms with Crippen molar-refractivity contribution in [1.82, 2.24) is 9.78 Å². The van der Waals surface area contributed by atoms with Gasteiger partial charge in [0.25, 0.3) is 5.56 Å². The Labute approximate surface area is 226 Å². The number of benzene rings is 2. The van der Waals surface area contributed by atoms with Crippen LogP contribution in [0.2, 0.25) is 0 Å². The normalized spacial score (nSPS) is 16.7. The van der Waals surface area contributed by atoms with Gasteiger partial charge in [-0.3, -0.25) is 14.1 Å². The van der Waals surface area contributed by atoms with Gasteiger partial charge in [-0.2, -0.15) is 9.86 Å². The number of hydrogen-bond donors (Lipinski definition) is 3. The topological polar surface area (TPSA) is 152 Å². The minimum absolute atomic E-state index is 0.0445. The van der Waals surface area contributed by atoms with Crippen molar-refractivity contribution in [3.05, 3.63) is 87.3 Å². The van der Waals surface area contributed by atoms with E-state index in [9.17, 15) is 27.3 Å². The Morgan fingerprint density at radius 1 is 1.21 bits per heavy atom. The molecule has 1 atom stereocenters. The van der Waals surface area contributed by atoms with Crippen molar-refractivity contribution >= 4 is 51.4 Å². The molecule has 0 amide bonds. The number of nitrogens with one attached hydrogen (secondary N) is 2. The van der Waals surface area contributed by atoms with Gasteiger partial charge in [-0.15, -0.1) is 11.3 Å². The zero-order valence-electron chi connectivity index (χ0n) is 20.5. The van der Waals surface area contributed by atoms with Crippen LogP contribution in [0.5, 0.6) is 5.75 Å². The van der Waals surface area contributed by atoms with Crippen LogP contribution in [0.15, 0.2) is 69.5 Å². The third-order valence-electron chi connectivity index (χ3n) is 5.70. The summed E-state index contributed by atoms with van der Waals surface area (Å²) in [7, 11) is -6.47. The first-order chi connectivity index (χ1) is 18.5. The molecule has 0 radical (unpaired) electrons. The van der Waals surface area contributed by atoms with E-state index in [1.165, 1.54) is 60.9 Å². The van der Waals surface area contributed by atoms with Gasteiger partial charge in [0.1, 0.15) is 17.1 Å².